The van der Waals surface area contributed by atoms with Crippen LogP contribution in [0.3, 0.4) is 0 Å². The Hall–Kier alpha value is -2.77. The standard InChI is InChI=1S/C26H30N2O3S2/c1-18-11-13-23(16-19(18)2)28(33(5,30)31)21(4)26(29)27-25-14-12-22(15-20(25)3)17-32-24-9-7-6-8-10-24/h6-16,21H,17H2,1-5H3,(H,27,29)/t21-/m0/s1. The number of hydrogen-bond acceptors (Lipinski definition) is 4. The third-order valence-corrected chi connectivity index (χ3v) is 7.86. The van der Waals surface area contributed by atoms with Gasteiger partial charge in [0.25, 0.3) is 0 Å². The van der Waals surface area contributed by atoms with Crippen molar-refractivity contribution >= 4 is 39.1 Å². The molecule has 7 heteroatoms. The largest absolute Gasteiger partial charge is 0.324 e. The molecular weight excluding hydrogens is 452 g/mol. The first-order valence-electron chi connectivity index (χ1n) is 10.7. The number of sulfonamides is 1. The third kappa shape index (κ3) is 6.39. The minimum Gasteiger partial charge on any atom is -0.324 e. The van der Waals surface area contributed by atoms with Crippen LogP contribution in [0.25, 0.3) is 0 Å². The lowest BCUT2D eigenvalue weighted by molar-refractivity contribution is -0.116. The highest BCUT2D eigenvalue weighted by Crippen LogP contribution is 2.27. The van der Waals surface area contributed by atoms with Crippen molar-refractivity contribution < 1.29 is 13.2 Å². The van der Waals surface area contributed by atoms with Gasteiger partial charge in [0.1, 0.15) is 6.04 Å². The lowest BCUT2D eigenvalue weighted by Gasteiger charge is -2.29. The van der Waals surface area contributed by atoms with Gasteiger partial charge in [0.05, 0.1) is 11.9 Å². The fourth-order valence-corrected chi connectivity index (χ4v) is 5.58. The highest BCUT2D eigenvalue weighted by Gasteiger charge is 2.29. The van der Waals surface area contributed by atoms with E-state index >= 15 is 0 Å². The Balaban J connectivity index is 1.75. The van der Waals surface area contributed by atoms with Crippen LogP contribution in [0.15, 0.2) is 71.6 Å². The molecule has 0 aliphatic rings. The number of hydrogen-bond donors (Lipinski definition) is 1. The number of thioether (sulfide) groups is 1. The van der Waals surface area contributed by atoms with E-state index in [1.807, 2.05) is 63.2 Å². The molecule has 0 aliphatic carbocycles. The number of rotatable bonds is 8. The van der Waals surface area contributed by atoms with Gasteiger partial charge in [-0.3, -0.25) is 9.10 Å². The van der Waals surface area contributed by atoms with Crippen molar-refractivity contribution in [1.82, 2.24) is 0 Å². The summed E-state index contributed by atoms with van der Waals surface area (Å²) in [5.41, 5.74) is 5.26. The number of benzene rings is 3. The average molecular weight is 483 g/mol. The van der Waals surface area contributed by atoms with E-state index in [0.717, 1.165) is 34.3 Å². The molecule has 1 amide bonds. The van der Waals surface area contributed by atoms with Gasteiger partial charge in [0, 0.05) is 16.3 Å². The van der Waals surface area contributed by atoms with Crippen molar-refractivity contribution in [2.75, 3.05) is 15.9 Å². The molecule has 0 aromatic heterocycles. The van der Waals surface area contributed by atoms with Crippen LogP contribution in [0.5, 0.6) is 0 Å². The molecule has 0 saturated carbocycles. The molecule has 0 unspecified atom stereocenters. The maximum Gasteiger partial charge on any atom is 0.248 e. The molecule has 0 bridgehead atoms. The number of nitrogens with one attached hydrogen (secondary N) is 1. The molecular formula is C26H30N2O3S2. The number of amides is 1. The Morgan fingerprint density at radius 1 is 0.939 bits per heavy atom. The summed E-state index contributed by atoms with van der Waals surface area (Å²) in [5.74, 6) is 0.442. The molecule has 0 aliphatic heterocycles. The lowest BCUT2D eigenvalue weighted by Crippen LogP contribution is -2.45. The fraction of sp³-hybridized carbons (Fsp3) is 0.269. The Bertz CT molecular complexity index is 1240. The minimum atomic E-state index is -3.66. The highest BCUT2D eigenvalue weighted by molar-refractivity contribution is 7.98. The van der Waals surface area contributed by atoms with Gasteiger partial charge in [0.2, 0.25) is 15.9 Å². The molecule has 33 heavy (non-hydrogen) atoms. The molecule has 0 heterocycles. The van der Waals surface area contributed by atoms with E-state index in [2.05, 4.69) is 17.4 Å². The second kappa shape index (κ2) is 10.4. The maximum absolute atomic E-state index is 13.1. The van der Waals surface area contributed by atoms with Crippen molar-refractivity contribution in [2.24, 2.45) is 0 Å². The van der Waals surface area contributed by atoms with Gasteiger partial charge < -0.3 is 5.32 Å². The molecule has 3 aromatic rings. The third-order valence-electron chi connectivity index (χ3n) is 5.53. The van der Waals surface area contributed by atoms with Crippen molar-refractivity contribution in [3.63, 3.8) is 0 Å². The first kappa shape index (κ1) is 24.9. The van der Waals surface area contributed by atoms with E-state index in [0.29, 0.717) is 11.4 Å². The average Bonchev–Trinajstić information content (AvgIpc) is 2.76. The van der Waals surface area contributed by atoms with Gasteiger partial charge in [-0.05, 0) is 80.3 Å². The zero-order valence-electron chi connectivity index (χ0n) is 19.6. The van der Waals surface area contributed by atoms with Crippen LogP contribution in [0.4, 0.5) is 11.4 Å². The van der Waals surface area contributed by atoms with Crippen molar-refractivity contribution in [1.29, 1.82) is 0 Å². The van der Waals surface area contributed by atoms with Crippen molar-refractivity contribution in [3.05, 3.63) is 89.0 Å². The maximum atomic E-state index is 13.1. The van der Waals surface area contributed by atoms with E-state index in [9.17, 15) is 13.2 Å². The molecule has 0 radical (unpaired) electrons. The lowest BCUT2D eigenvalue weighted by atomic mass is 10.1. The number of aryl methyl sites for hydroxylation is 3. The molecule has 1 atom stereocenters. The normalized spacial score (nSPS) is 12.3. The summed E-state index contributed by atoms with van der Waals surface area (Å²) in [5, 5.41) is 2.91. The molecule has 3 rings (SSSR count). The minimum absolute atomic E-state index is 0.381. The Morgan fingerprint density at radius 2 is 1.64 bits per heavy atom. The summed E-state index contributed by atoms with van der Waals surface area (Å²) < 4.78 is 26.3. The van der Waals surface area contributed by atoms with Crippen molar-refractivity contribution in [2.45, 2.75) is 44.4 Å². The van der Waals surface area contributed by atoms with E-state index in [1.165, 1.54) is 9.20 Å². The van der Waals surface area contributed by atoms with E-state index in [1.54, 1.807) is 30.8 Å². The summed E-state index contributed by atoms with van der Waals surface area (Å²) >= 11 is 1.75. The molecule has 0 spiro atoms. The second-order valence-corrected chi connectivity index (χ2v) is 11.2. The number of nitrogens with zero attached hydrogens (tertiary/aromatic N) is 1. The molecule has 5 nitrogen and oxygen atoms in total. The summed E-state index contributed by atoms with van der Waals surface area (Å²) in [6.45, 7) is 7.43. The quantitative estimate of drug-likeness (QED) is 0.419. The first-order chi connectivity index (χ1) is 15.6. The molecule has 0 saturated heterocycles. The second-order valence-electron chi connectivity index (χ2n) is 8.24. The van der Waals surface area contributed by atoms with E-state index < -0.39 is 16.1 Å². The highest BCUT2D eigenvalue weighted by atomic mass is 32.2. The summed E-state index contributed by atoms with van der Waals surface area (Å²) in [7, 11) is -3.66. The van der Waals surface area contributed by atoms with Crippen LogP contribution in [0.1, 0.15) is 29.2 Å². The van der Waals surface area contributed by atoms with Gasteiger partial charge in [-0.25, -0.2) is 8.42 Å². The summed E-state index contributed by atoms with van der Waals surface area (Å²) in [4.78, 5) is 14.3. The van der Waals surface area contributed by atoms with Gasteiger partial charge in [0.15, 0.2) is 0 Å². The summed E-state index contributed by atoms with van der Waals surface area (Å²) in [6.07, 6.45) is 1.12. The zero-order valence-corrected chi connectivity index (χ0v) is 21.3. The molecule has 174 valence electrons. The molecule has 0 fully saturated rings. The van der Waals surface area contributed by atoms with Gasteiger partial charge >= 0.3 is 0 Å². The van der Waals surface area contributed by atoms with Crippen LogP contribution >= 0.6 is 11.8 Å². The molecule has 1 N–H and O–H groups in total. The van der Waals surface area contributed by atoms with Crippen LogP contribution in [-0.4, -0.2) is 26.6 Å². The fourth-order valence-electron chi connectivity index (χ4n) is 3.55. The number of anilines is 2. The molecule has 3 aromatic carbocycles. The first-order valence-corrected chi connectivity index (χ1v) is 13.5. The van der Waals surface area contributed by atoms with Gasteiger partial charge in [-0.2, -0.15) is 0 Å². The Kier molecular flexibility index (Phi) is 7.87. The predicted molar refractivity (Wildman–Crippen MR) is 139 cm³/mol. The van der Waals surface area contributed by atoms with Gasteiger partial charge in [-0.15, -0.1) is 11.8 Å². The Labute approximate surface area is 201 Å². The van der Waals surface area contributed by atoms with Crippen molar-refractivity contribution in [3.8, 4) is 0 Å². The monoisotopic (exact) mass is 482 g/mol. The Morgan fingerprint density at radius 3 is 2.24 bits per heavy atom. The smallest absolute Gasteiger partial charge is 0.248 e. The van der Waals surface area contributed by atoms with E-state index in [4.69, 9.17) is 0 Å². The van der Waals surface area contributed by atoms with Gasteiger partial charge in [-0.1, -0.05) is 36.4 Å². The van der Waals surface area contributed by atoms with E-state index in [-0.39, 0.29) is 5.91 Å². The number of carbonyl (C=O) groups excluding carboxylic acids is 1. The summed E-state index contributed by atoms with van der Waals surface area (Å²) in [6, 6.07) is 20.6. The van der Waals surface area contributed by atoms with Crippen LogP contribution in [0.2, 0.25) is 0 Å². The topological polar surface area (TPSA) is 66.5 Å². The number of carbonyl (C=O) groups is 1. The van der Waals surface area contributed by atoms with Crippen LogP contribution in [0, 0.1) is 20.8 Å². The van der Waals surface area contributed by atoms with Crippen LogP contribution < -0.4 is 9.62 Å². The predicted octanol–water partition coefficient (Wildman–Crippen LogP) is 5.70. The van der Waals surface area contributed by atoms with Crippen LogP contribution in [-0.2, 0) is 20.6 Å². The SMILES string of the molecule is Cc1ccc(N([C@@H](C)C(=O)Nc2ccc(CSc3ccccc3)cc2C)S(C)(=O)=O)cc1C. The zero-order chi connectivity index (χ0) is 24.2.